The number of ether oxygens (including phenoxy) is 1. The molecule has 0 saturated carbocycles. The van der Waals surface area contributed by atoms with Crippen LogP contribution in [0, 0.1) is 18.6 Å². The van der Waals surface area contributed by atoms with E-state index in [-0.39, 0.29) is 17.4 Å². The predicted octanol–water partition coefficient (Wildman–Crippen LogP) is 6.96. The molecule has 4 rings (SSSR count). The highest BCUT2D eigenvalue weighted by atomic mass is 35.5. The Labute approximate surface area is 223 Å². The van der Waals surface area contributed by atoms with Crippen LogP contribution in [0.4, 0.5) is 19.6 Å². The van der Waals surface area contributed by atoms with Crippen LogP contribution in [-0.2, 0) is 16.6 Å². The number of thiazole rings is 1. The van der Waals surface area contributed by atoms with Crippen molar-refractivity contribution in [3.63, 3.8) is 0 Å². The first-order valence-corrected chi connectivity index (χ1v) is 13.9. The third-order valence-corrected chi connectivity index (χ3v) is 8.89. The van der Waals surface area contributed by atoms with E-state index in [9.17, 15) is 12.8 Å². The van der Waals surface area contributed by atoms with Crippen LogP contribution in [0.3, 0.4) is 0 Å². The van der Waals surface area contributed by atoms with Gasteiger partial charge in [-0.2, -0.15) is 0 Å². The molecule has 11 heteroatoms. The fourth-order valence-electron chi connectivity index (χ4n) is 3.82. The summed E-state index contributed by atoms with van der Waals surface area (Å²) in [4.78, 5) is 3.56. The third kappa shape index (κ3) is 5.56. The lowest BCUT2D eigenvalue weighted by Crippen LogP contribution is -2.31. The van der Waals surface area contributed by atoms with Gasteiger partial charge < -0.3 is 10.1 Å². The Morgan fingerprint density at radius 1 is 1.16 bits per heavy atom. The predicted molar refractivity (Wildman–Crippen MR) is 143 cm³/mol. The highest BCUT2D eigenvalue weighted by Gasteiger charge is 2.32. The van der Waals surface area contributed by atoms with Crippen molar-refractivity contribution in [3.05, 3.63) is 99.5 Å². The van der Waals surface area contributed by atoms with E-state index in [1.165, 1.54) is 18.3 Å². The first kappa shape index (κ1) is 26.8. The number of sulfonamides is 1. The molecule has 0 saturated heterocycles. The van der Waals surface area contributed by atoms with E-state index in [1.54, 1.807) is 55.8 Å². The molecule has 3 aromatic carbocycles. The number of halogens is 3. The fourth-order valence-corrected chi connectivity index (χ4v) is 6.43. The SMILES string of the molecule is COc1ccc(CN(c2nccs2)S(=O)(=O)c2ccc(N[C@@H](C)c3ccccc3F)c(Cl)c2F)c(C)c1. The molecule has 0 radical (unpaired) electrons. The van der Waals surface area contributed by atoms with Gasteiger partial charge in [-0.25, -0.2) is 26.5 Å². The maximum absolute atomic E-state index is 15.5. The summed E-state index contributed by atoms with van der Waals surface area (Å²) < 4.78 is 63.5. The number of nitrogens with zero attached hydrogens (tertiary/aromatic N) is 2. The van der Waals surface area contributed by atoms with Gasteiger partial charge in [-0.15, -0.1) is 11.3 Å². The summed E-state index contributed by atoms with van der Waals surface area (Å²) in [6.07, 6.45) is 1.48. The molecule has 0 spiro atoms. The Morgan fingerprint density at radius 2 is 1.92 bits per heavy atom. The molecule has 0 aliphatic carbocycles. The summed E-state index contributed by atoms with van der Waals surface area (Å²) in [7, 11) is -2.86. The third-order valence-electron chi connectivity index (χ3n) is 5.86. The monoisotopic (exact) mass is 563 g/mol. The summed E-state index contributed by atoms with van der Waals surface area (Å²) >= 11 is 7.40. The smallest absolute Gasteiger partial charge is 0.269 e. The van der Waals surface area contributed by atoms with Gasteiger partial charge in [-0.05, 0) is 55.3 Å². The minimum Gasteiger partial charge on any atom is -0.497 e. The summed E-state index contributed by atoms with van der Waals surface area (Å²) in [5.41, 5.74) is 2.00. The van der Waals surface area contributed by atoms with Crippen LogP contribution in [0.15, 0.2) is 71.1 Å². The van der Waals surface area contributed by atoms with Gasteiger partial charge in [0, 0.05) is 17.1 Å². The molecule has 37 heavy (non-hydrogen) atoms. The van der Waals surface area contributed by atoms with Gasteiger partial charge >= 0.3 is 0 Å². The molecule has 0 aliphatic rings. The summed E-state index contributed by atoms with van der Waals surface area (Å²) in [5, 5.41) is 4.37. The van der Waals surface area contributed by atoms with Crippen LogP contribution in [0.1, 0.15) is 29.7 Å². The van der Waals surface area contributed by atoms with Gasteiger partial charge in [-0.1, -0.05) is 35.9 Å². The van der Waals surface area contributed by atoms with Gasteiger partial charge in [0.15, 0.2) is 10.9 Å². The molecule has 0 aliphatic heterocycles. The van der Waals surface area contributed by atoms with Crippen molar-refractivity contribution in [2.24, 2.45) is 0 Å². The highest BCUT2D eigenvalue weighted by molar-refractivity contribution is 7.93. The van der Waals surface area contributed by atoms with Crippen molar-refractivity contribution in [3.8, 4) is 5.75 Å². The van der Waals surface area contributed by atoms with Gasteiger partial charge in [0.25, 0.3) is 10.0 Å². The number of hydrogen-bond acceptors (Lipinski definition) is 6. The van der Waals surface area contributed by atoms with Crippen LogP contribution >= 0.6 is 22.9 Å². The molecule has 6 nitrogen and oxygen atoms in total. The second-order valence-electron chi connectivity index (χ2n) is 8.25. The molecule has 194 valence electrons. The maximum atomic E-state index is 15.5. The van der Waals surface area contributed by atoms with E-state index in [1.807, 2.05) is 6.92 Å². The number of benzene rings is 3. The standard InChI is InChI=1S/C26H24ClF2N3O3S2/c1-16-14-19(35-3)9-8-18(16)15-32(26-30-12-13-36-26)37(33,34)23-11-10-22(24(27)25(23)29)31-17(2)20-6-4-5-7-21(20)28/h4-14,17,31H,15H2,1-3H3/t17-/m0/s1. The van der Waals surface area contributed by atoms with Crippen LogP contribution in [0.25, 0.3) is 0 Å². The number of anilines is 2. The zero-order valence-corrected chi connectivity index (χ0v) is 22.6. The van der Waals surface area contributed by atoms with E-state index in [0.717, 1.165) is 27.3 Å². The molecule has 1 atom stereocenters. The molecule has 4 aromatic rings. The maximum Gasteiger partial charge on any atom is 0.269 e. The lowest BCUT2D eigenvalue weighted by molar-refractivity contribution is 0.414. The molecular weight excluding hydrogens is 540 g/mol. The number of methoxy groups -OCH3 is 1. The Bertz CT molecular complexity index is 1520. The first-order valence-electron chi connectivity index (χ1n) is 11.2. The van der Waals surface area contributed by atoms with Crippen LogP contribution < -0.4 is 14.4 Å². The molecule has 1 heterocycles. The zero-order valence-electron chi connectivity index (χ0n) is 20.2. The molecule has 1 aromatic heterocycles. The average Bonchev–Trinajstić information content (AvgIpc) is 3.40. The van der Waals surface area contributed by atoms with Crippen LogP contribution in [0.5, 0.6) is 5.75 Å². The zero-order chi connectivity index (χ0) is 26.7. The molecular formula is C26H24ClF2N3O3S2. The lowest BCUT2D eigenvalue weighted by atomic mass is 10.1. The number of hydrogen-bond donors (Lipinski definition) is 1. The Hall–Kier alpha value is -3.21. The average molecular weight is 564 g/mol. The second kappa shape index (κ2) is 11.0. The molecule has 0 fully saturated rings. The van der Waals surface area contributed by atoms with E-state index in [0.29, 0.717) is 16.9 Å². The molecule has 1 N–H and O–H groups in total. The van der Waals surface area contributed by atoms with Crippen molar-refractivity contribution >= 4 is 43.8 Å². The molecule has 0 bridgehead atoms. The van der Waals surface area contributed by atoms with Crippen molar-refractivity contribution in [2.45, 2.75) is 31.3 Å². The van der Waals surface area contributed by atoms with Crippen molar-refractivity contribution in [1.29, 1.82) is 0 Å². The molecule has 0 unspecified atom stereocenters. The van der Waals surface area contributed by atoms with Gasteiger partial charge in [-0.3, -0.25) is 0 Å². The number of nitrogens with one attached hydrogen (secondary N) is 1. The minimum atomic E-state index is -4.41. The lowest BCUT2D eigenvalue weighted by Gasteiger charge is -2.24. The van der Waals surface area contributed by atoms with E-state index in [2.05, 4.69) is 10.3 Å². The quantitative estimate of drug-likeness (QED) is 0.238. The van der Waals surface area contributed by atoms with Crippen molar-refractivity contribution < 1.29 is 21.9 Å². The van der Waals surface area contributed by atoms with Crippen LogP contribution in [-0.4, -0.2) is 20.5 Å². The first-order chi connectivity index (χ1) is 17.6. The number of aryl methyl sites for hydroxylation is 1. The largest absolute Gasteiger partial charge is 0.497 e. The minimum absolute atomic E-state index is 0.0763. The van der Waals surface area contributed by atoms with E-state index < -0.39 is 37.6 Å². The topological polar surface area (TPSA) is 71.5 Å². The Morgan fingerprint density at radius 3 is 2.57 bits per heavy atom. The Kier molecular flexibility index (Phi) is 8.01. The summed E-state index contributed by atoms with van der Waals surface area (Å²) in [6, 6.07) is 13.4. The van der Waals surface area contributed by atoms with E-state index in [4.69, 9.17) is 16.3 Å². The number of aromatic nitrogens is 1. The van der Waals surface area contributed by atoms with E-state index >= 15 is 4.39 Å². The van der Waals surface area contributed by atoms with Gasteiger partial charge in [0.05, 0.1) is 25.4 Å². The summed E-state index contributed by atoms with van der Waals surface area (Å²) in [5.74, 6) is -0.901. The second-order valence-corrected chi connectivity index (χ2v) is 11.3. The highest BCUT2D eigenvalue weighted by Crippen LogP contribution is 2.36. The summed E-state index contributed by atoms with van der Waals surface area (Å²) in [6.45, 7) is 3.45. The van der Waals surface area contributed by atoms with Crippen molar-refractivity contribution in [1.82, 2.24) is 4.98 Å². The van der Waals surface area contributed by atoms with Crippen LogP contribution in [0.2, 0.25) is 5.02 Å². The normalized spacial score (nSPS) is 12.3. The number of rotatable bonds is 9. The van der Waals surface area contributed by atoms with Crippen molar-refractivity contribution in [2.75, 3.05) is 16.7 Å². The molecule has 0 amide bonds. The Balaban J connectivity index is 1.69. The van der Waals surface area contributed by atoms with Gasteiger partial charge in [0.2, 0.25) is 0 Å². The fraction of sp³-hybridized carbons (Fsp3) is 0.192. The van der Waals surface area contributed by atoms with Gasteiger partial charge in [0.1, 0.15) is 21.5 Å².